The molecular weight excluding hydrogens is 372 g/mol. The predicted molar refractivity (Wildman–Crippen MR) is 109 cm³/mol. The number of nitrogens with zero attached hydrogens (tertiary/aromatic N) is 2. The summed E-state index contributed by atoms with van der Waals surface area (Å²) >= 11 is 9.39. The molecule has 2 aromatic carbocycles. The highest BCUT2D eigenvalue weighted by molar-refractivity contribution is 7.98. The van der Waals surface area contributed by atoms with Crippen molar-refractivity contribution in [1.29, 1.82) is 0 Å². The van der Waals surface area contributed by atoms with E-state index in [1.165, 1.54) is 10.5 Å². The van der Waals surface area contributed by atoms with Crippen molar-refractivity contribution in [2.75, 3.05) is 6.26 Å². The minimum absolute atomic E-state index is 0.00347. The van der Waals surface area contributed by atoms with E-state index in [1.54, 1.807) is 46.3 Å². The maximum atomic E-state index is 12.8. The summed E-state index contributed by atoms with van der Waals surface area (Å²) in [6.07, 6.45) is 2.95. The van der Waals surface area contributed by atoms with E-state index in [9.17, 15) is 4.79 Å². The van der Waals surface area contributed by atoms with Crippen LogP contribution in [0, 0.1) is 0 Å². The Morgan fingerprint density at radius 2 is 1.92 bits per heavy atom. The molecule has 0 unspecified atom stereocenters. The highest BCUT2D eigenvalue weighted by Gasteiger charge is 2.12. The first kappa shape index (κ1) is 18.4. The van der Waals surface area contributed by atoms with Gasteiger partial charge in [0.15, 0.2) is 5.16 Å². The second-order valence-electron chi connectivity index (χ2n) is 5.65. The quantitative estimate of drug-likeness (QED) is 0.412. The van der Waals surface area contributed by atoms with Crippen molar-refractivity contribution < 1.29 is 0 Å². The van der Waals surface area contributed by atoms with Gasteiger partial charge in [0.2, 0.25) is 0 Å². The second-order valence-corrected chi connectivity index (χ2v) is 7.91. The molecule has 6 heteroatoms. The van der Waals surface area contributed by atoms with E-state index in [2.05, 4.69) is 37.4 Å². The molecule has 3 nitrogen and oxygen atoms in total. The van der Waals surface area contributed by atoms with Crippen LogP contribution in [0.2, 0.25) is 5.02 Å². The number of hydrogen-bond acceptors (Lipinski definition) is 4. The summed E-state index contributed by atoms with van der Waals surface area (Å²) in [5, 5.41) is 1.96. The molecule has 0 amide bonds. The minimum Gasteiger partial charge on any atom is -0.287 e. The van der Waals surface area contributed by atoms with E-state index < -0.39 is 0 Å². The topological polar surface area (TPSA) is 34.9 Å². The van der Waals surface area contributed by atoms with Crippen LogP contribution in [-0.4, -0.2) is 15.8 Å². The van der Waals surface area contributed by atoms with Crippen LogP contribution in [-0.2, 0) is 12.3 Å². The van der Waals surface area contributed by atoms with Crippen LogP contribution in [0.5, 0.6) is 0 Å². The van der Waals surface area contributed by atoms with E-state index in [0.717, 1.165) is 17.3 Å². The van der Waals surface area contributed by atoms with Crippen molar-refractivity contribution in [3.8, 4) is 0 Å². The van der Waals surface area contributed by atoms with E-state index >= 15 is 0 Å². The molecule has 0 saturated heterocycles. The fraction of sp³-hybridized carbons (Fsp3) is 0.263. The van der Waals surface area contributed by atoms with Gasteiger partial charge in [-0.2, -0.15) is 0 Å². The molecule has 0 radical (unpaired) electrons. The summed E-state index contributed by atoms with van der Waals surface area (Å²) in [6, 6.07) is 13.7. The van der Waals surface area contributed by atoms with Gasteiger partial charge in [-0.15, -0.1) is 11.8 Å². The minimum atomic E-state index is 0.00347. The molecule has 0 saturated carbocycles. The number of hydrogen-bond donors (Lipinski definition) is 0. The zero-order valence-corrected chi connectivity index (χ0v) is 16.5. The van der Waals surface area contributed by atoms with Gasteiger partial charge in [-0.1, -0.05) is 42.4 Å². The Morgan fingerprint density at radius 1 is 1.16 bits per heavy atom. The van der Waals surface area contributed by atoms with Gasteiger partial charge in [0, 0.05) is 22.2 Å². The Kier molecular flexibility index (Phi) is 6.10. The van der Waals surface area contributed by atoms with Gasteiger partial charge in [0.05, 0.1) is 10.9 Å². The molecule has 0 atom stereocenters. The summed E-state index contributed by atoms with van der Waals surface area (Å²) in [5.74, 6) is 0.775. The lowest BCUT2D eigenvalue weighted by molar-refractivity contribution is 0.585. The maximum Gasteiger partial charge on any atom is 0.262 e. The fourth-order valence-corrected chi connectivity index (χ4v) is 4.13. The Bertz CT molecular complexity index is 939. The molecule has 0 aliphatic heterocycles. The van der Waals surface area contributed by atoms with E-state index in [4.69, 9.17) is 16.6 Å². The van der Waals surface area contributed by atoms with Crippen LogP contribution in [0.1, 0.15) is 18.9 Å². The standard InChI is InChI=1S/C19H19ClN2OS2/c1-3-10-22-18(23)16-9-6-14(20)11-17(16)21-19(22)25-12-13-4-7-15(24-2)8-5-13/h4-9,11H,3,10,12H2,1-2H3. The van der Waals surface area contributed by atoms with Crippen molar-refractivity contribution in [3.05, 3.63) is 63.4 Å². The largest absolute Gasteiger partial charge is 0.287 e. The van der Waals surface area contributed by atoms with Gasteiger partial charge in [0.1, 0.15) is 0 Å². The Morgan fingerprint density at radius 3 is 2.60 bits per heavy atom. The van der Waals surface area contributed by atoms with Crippen molar-refractivity contribution in [3.63, 3.8) is 0 Å². The van der Waals surface area contributed by atoms with E-state index in [-0.39, 0.29) is 5.56 Å². The monoisotopic (exact) mass is 390 g/mol. The number of aromatic nitrogens is 2. The van der Waals surface area contributed by atoms with Crippen LogP contribution < -0.4 is 5.56 Å². The third kappa shape index (κ3) is 4.22. The molecule has 0 aliphatic carbocycles. The molecule has 1 heterocycles. The summed E-state index contributed by atoms with van der Waals surface area (Å²) in [6.45, 7) is 2.73. The van der Waals surface area contributed by atoms with E-state index in [1.807, 2.05) is 0 Å². The molecule has 130 valence electrons. The van der Waals surface area contributed by atoms with Crippen molar-refractivity contribution >= 4 is 46.0 Å². The molecule has 0 spiro atoms. The third-order valence-electron chi connectivity index (χ3n) is 3.86. The lowest BCUT2D eigenvalue weighted by atomic mass is 10.2. The highest BCUT2D eigenvalue weighted by atomic mass is 35.5. The normalized spacial score (nSPS) is 11.2. The average molecular weight is 391 g/mol. The van der Waals surface area contributed by atoms with Crippen molar-refractivity contribution in [1.82, 2.24) is 9.55 Å². The number of rotatable bonds is 6. The van der Waals surface area contributed by atoms with Gasteiger partial charge < -0.3 is 0 Å². The summed E-state index contributed by atoms with van der Waals surface area (Å²) in [7, 11) is 0. The van der Waals surface area contributed by atoms with Gasteiger partial charge in [-0.25, -0.2) is 4.98 Å². The summed E-state index contributed by atoms with van der Waals surface area (Å²) < 4.78 is 1.77. The first-order chi connectivity index (χ1) is 12.1. The lowest BCUT2D eigenvalue weighted by Crippen LogP contribution is -2.23. The first-order valence-corrected chi connectivity index (χ1v) is 10.7. The lowest BCUT2D eigenvalue weighted by Gasteiger charge is -2.12. The molecular formula is C19H19ClN2OS2. The second kappa shape index (κ2) is 8.30. The highest BCUT2D eigenvalue weighted by Crippen LogP contribution is 2.25. The van der Waals surface area contributed by atoms with E-state index in [0.29, 0.717) is 22.5 Å². The zero-order chi connectivity index (χ0) is 17.8. The van der Waals surface area contributed by atoms with Crippen LogP contribution in [0.4, 0.5) is 0 Å². The number of halogens is 1. The van der Waals surface area contributed by atoms with Crippen molar-refractivity contribution in [2.24, 2.45) is 0 Å². The first-order valence-electron chi connectivity index (χ1n) is 8.08. The summed E-state index contributed by atoms with van der Waals surface area (Å²) in [4.78, 5) is 18.8. The van der Waals surface area contributed by atoms with Gasteiger partial charge in [-0.3, -0.25) is 9.36 Å². The Hall–Kier alpha value is -1.43. The van der Waals surface area contributed by atoms with Crippen LogP contribution >= 0.6 is 35.1 Å². The average Bonchev–Trinajstić information content (AvgIpc) is 2.63. The molecule has 25 heavy (non-hydrogen) atoms. The zero-order valence-electron chi connectivity index (χ0n) is 14.2. The maximum absolute atomic E-state index is 12.8. The predicted octanol–water partition coefficient (Wildman–Crippen LogP) is 5.47. The molecule has 0 N–H and O–H groups in total. The molecule has 3 rings (SSSR count). The van der Waals surface area contributed by atoms with Crippen LogP contribution in [0.25, 0.3) is 10.9 Å². The molecule has 0 fully saturated rings. The molecule has 0 aliphatic rings. The molecule has 0 bridgehead atoms. The van der Waals surface area contributed by atoms with Gasteiger partial charge >= 0.3 is 0 Å². The number of benzene rings is 2. The van der Waals surface area contributed by atoms with Crippen LogP contribution in [0.3, 0.4) is 0 Å². The van der Waals surface area contributed by atoms with Crippen LogP contribution in [0.15, 0.2) is 57.3 Å². The SMILES string of the molecule is CCCn1c(SCc2ccc(SC)cc2)nc2cc(Cl)ccc2c1=O. The Balaban J connectivity index is 1.95. The Labute approximate surface area is 160 Å². The van der Waals surface area contributed by atoms with Crippen molar-refractivity contribution in [2.45, 2.75) is 35.7 Å². The molecule has 3 aromatic rings. The van der Waals surface area contributed by atoms with Gasteiger partial charge in [0.25, 0.3) is 5.56 Å². The summed E-state index contributed by atoms with van der Waals surface area (Å²) in [5.41, 5.74) is 1.88. The fourth-order valence-electron chi connectivity index (χ4n) is 2.57. The molecule has 1 aromatic heterocycles. The number of fused-ring (bicyclic) bond motifs is 1. The van der Waals surface area contributed by atoms with Gasteiger partial charge in [-0.05, 0) is 48.6 Å². The number of thioether (sulfide) groups is 2. The smallest absolute Gasteiger partial charge is 0.262 e. The third-order valence-corrected chi connectivity index (χ3v) is 5.88.